The van der Waals surface area contributed by atoms with Gasteiger partial charge in [0, 0.05) is 0 Å². The predicted molar refractivity (Wildman–Crippen MR) is 82.9 cm³/mol. The molecule has 5 heteroatoms. The maximum Gasteiger partial charge on any atom is 0.407 e. The fraction of sp³-hybridized carbons (Fsp3) is 0.529. The lowest BCUT2D eigenvalue weighted by Crippen LogP contribution is -2.34. The number of hydrogen-bond donors (Lipinski definition) is 1. The molecule has 5 nitrogen and oxygen atoms in total. The van der Waals surface area contributed by atoms with Gasteiger partial charge in [0.25, 0.3) is 0 Å². The number of amides is 1. The van der Waals surface area contributed by atoms with Gasteiger partial charge in [-0.3, -0.25) is 0 Å². The molecular weight excluding hydrogens is 280 g/mol. The van der Waals surface area contributed by atoms with Gasteiger partial charge in [-0.2, -0.15) is 5.26 Å². The van der Waals surface area contributed by atoms with Crippen LogP contribution in [0.2, 0.25) is 0 Å². The molecule has 1 fully saturated rings. The zero-order chi connectivity index (χ0) is 16.2. The lowest BCUT2D eigenvalue weighted by molar-refractivity contribution is 0.0520. The van der Waals surface area contributed by atoms with E-state index in [4.69, 9.17) is 14.7 Å². The van der Waals surface area contributed by atoms with Gasteiger partial charge in [0.1, 0.15) is 18.0 Å². The van der Waals surface area contributed by atoms with Crippen LogP contribution in [0.5, 0.6) is 5.75 Å². The first-order valence-electron chi connectivity index (χ1n) is 7.53. The third-order valence-corrected chi connectivity index (χ3v) is 3.18. The first kappa shape index (κ1) is 16.2. The molecule has 1 N–H and O–H groups in total. The summed E-state index contributed by atoms with van der Waals surface area (Å²) in [4.78, 5) is 11.5. The van der Waals surface area contributed by atoms with Crippen molar-refractivity contribution >= 4 is 6.09 Å². The van der Waals surface area contributed by atoms with Crippen LogP contribution in [0.25, 0.3) is 0 Å². The number of ether oxygens (including phenoxy) is 2. The highest BCUT2D eigenvalue weighted by molar-refractivity contribution is 5.67. The van der Waals surface area contributed by atoms with E-state index in [-0.39, 0.29) is 0 Å². The van der Waals surface area contributed by atoms with Gasteiger partial charge in [0.2, 0.25) is 0 Å². The monoisotopic (exact) mass is 302 g/mol. The summed E-state index contributed by atoms with van der Waals surface area (Å²) in [6.45, 7) is 6.20. The minimum Gasteiger partial charge on any atom is -0.491 e. The summed E-state index contributed by atoms with van der Waals surface area (Å²) in [7, 11) is 0. The van der Waals surface area contributed by atoms with E-state index in [9.17, 15) is 4.79 Å². The van der Waals surface area contributed by atoms with Crippen LogP contribution in [-0.2, 0) is 4.74 Å². The summed E-state index contributed by atoms with van der Waals surface area (Å²) in [5.41, 5.74) is 1.24. The Hall–Kier alpha value is -2.22. The average molecular weight is 302 g/mol. The second-order valence-corrected chi connectivity index (χ2v) is 6.42. The van der Waals surface area contributed by atoms with E-state index >= 15 is 0 Å². The fourth-order valence-corrected chi connectivity index (χ4v) is 2.09. The summed E-state index contributed by atoms with van der Waals surface area (Å²) in [6, 6.07) is 7.63. The van der Waals surface area contributed by atoms with Crippen molar-refractivity contribution in [2.24, 2.45) is 0 Å². The molecule has 0 bridgehead atoms. The topological polar surface area (TPSA) is 71.3 Å². The van der Waals surface area contributed by atoms with Crippen LogP contribution in [0.15, 0.2) is 18.2 Å². The second kappa shape index (κ2) is 6.69. The number of carbonyl (C=O) groups excluding carboxylic acids is 1. The van der Waals surface area contributed by atoms with Crippen LogP contribution in [0, 0.1) is 11.3 Å². The fourth-order valence-electron chi connectivity index (χ4n) is 2.09. The molecule has 118 valence electrons. The molecule has 0 spiro atoms. The van der Waals surface area contributed by atoms with Crippen molar-refractivity contribution in [3.63, 3.8) is 0 Å². The van der Waals surface area contributed by atoms with Crippen LogP contribution < -0.4 is 10.1 Å². The maximum atomic E-state index is 11.5. The van der Waals surface area contributed by atoms with Crippen LogP contribution in [0.4, 0.5) is 4.79 Å². The molecular formula is C17H22N2O3. The highest BCUT2D eigenvalue weighted by Crippen LogP contribution is 2.44. The predicted octanol–water partition coefficient (Wildman–Crippen LogP) is 3.34. The quantitative estimate of drug-likeness (QED) is 0.847. The molecule has 0 heterocycles. The number of nitrogens with zero attached hydrogens (tertiary/aromatic N) is 1. The van der Waals surface area contributed by atoms with E-state index in [1.165, 1.54) is 0 Å². The van der Waals surface area contributed by atoms with Crippen LogP contribution >= 0.6 is 0 Å². The third-order valence-electron chi connectivity index (χ3n) is 3.18. The first-order chi connectivity index (χ1) is 10.4. The molecule has 1 aliphatic carbocycles. The van der Waals surface area contributed by atoms with Gasteiger partial charge in [-0.05, 0) is 63.3 Å². The lowest BCUT2D eigenvalue weighted by Gasteiger charge is -2.19. The normalized spacial score (nSPS) is 14.1. The Labute approximate surface area is 131 Å². The Balaban J connectivity index is 1.82. The molecule has 22 heavy (non-hydrogen) atoms. The molecule has 0 unspecified atom stereocenters. The summed E-state index contributed by atoms with van der Waals surface area (Å²) in [5.74, 6) is 1.30. The zero-order valence-corrected chi connectivity index (χ0v) is 13.3. The van der Waals surface area contributed by atoms with Gasteiger partial charge >= 0.3 is 6.09 Å². The molecule has 0 atom stereocenters. The maximum absolute atomic E-state index is 11.5. The van der Waals surface area contributed by atoms with Gasteiger partial charge in [-0.15, -0.1) is 0 Å². The number of nitriles is 1. The first-order valence-corrected chi connectivity index (χ1v) is 7.53. The van der Waals surface area contributed by atoms with Crippen molar-refractivity contribution in [3.05, 3.63) is 29.3 Å². The standard InChI is InChI=1S/C17H22N2O3/c1-17(2,3)22-16(20)19-8-9-21-15-7-4-12(11-18)10-14(15)13-5-6-13/h4,7,10,13H,5-6,8-9H2,1-3H3,(H,19,20). The Bertz CT molecular complexity index is 581. The van der Waals surface area contributed by atoms with Gasteiger partial charge < -0.3 is 14.8 Å². The van der Waals surface area contributed by atoms with Crippen molar-refractivity contribution in [2.75, 3.05) is 13.2 Å². The minimum atomic E-state index is -0.503. The molecule has 0 saturated heterocycles. The Kier molecular flexibility index (Phi) is 4.92. The van der Waals surface area contributed by atoms with Gasteiger partial charge in [-0.25, -0.2) is 4.79 Å². The van der Waals surface area contributed by atoms with Crippen molar-refractivity contribution in [2.45, 2.75) is 45.1 Å². The SMILES string of the molecule is CC(C)(C)OC(=O)NCCOc1ccc(C#N)cc1C1CC1. The average Bonchev–Trinajstić information content (AvgIpc) is 3.26. The Morgan fingerprint density at radius 1 is 1.41 bits per heavy atom. The second-order valence-electron chi connectivity index (χ2n) is 6.42. The third kappa shape index (κ3) is 4.96. The lowest BCUT2D eigenvalue weighted by atomic mass is 10.1. The molecule has 0 aliphatic heterocycles. The molecule has 2 rings (SSSR count). The molecule has 0 aromatic heterocycles. The van der Waals surface area contributed by atoms with Crippen molar-refractivity contribution in [1.29, 1.82) is 5.26 Å². The Morgan fingerprint density at radius 3 is 2.73 bits per heavy atom. The molecule has 1 saturated carbocycles. The number of nitrogens with one attached hydrogen (secondary N) is 1. The summed E-state index contributed by atoms with van der Waals surface area (Å²) in [5, 5.41) is 11.6. The minimum absolute atomic E-state index is 0.366. The van der Waals surface area contributed by atoms with E-state index in [0.29, 0.717) is 24.6 Å². The van der Waals surface area contributed by atoms with Gasteiger partial charge in [0.15, 0.2) is 0 Å². The number of alkyl carbamates (subject to hydrolysis) is 1. The summed E-state index contributed by atoms with van der Waals surface area (Å²) >= 11 is 0. The highest BCUT2D eigenvalue weighted by Gasteiger charge is 2.27. The van der Waals surface area contributed by atoms with Crippen LogP contribution in [0.3, 0.4) is 0 Å². The molecule has 1 aromatic rings. The number of rotatable bonds is 5. The van der Waals surface area contributed by atoms with Crippen LogP contribution in [-0.4, -0.2) is 24.8 Å². The summed E-state index contributed by atoms with van der Waals surface area (Å²) in [6.07, 6.45) is 1.83. The van der Waals surface area contributed by atoms with Gasteiger partial charge in [0.05, 0.1) is 18.2 Å². The van der Waals surface area contributed by atoms with Crippen molar-refractivity contribution < 1.29 is 14.3 Å². The van der Waals surface area contributed by atoms with E-state index < -0.39 is 11.7 Å². The molecule has 1 amide bonds. The van der Waals surface area contributed by atoms with E-state index in [0.717, 1.165) is 24.2 Å². The van der Waals surface area contributed by atoms with Crippen molar-refractivity contribution in [1.82, 2.24) is 5.32 Å². The van der Waals surface area contributed by atoms with E-state index in [1.807, 2.05) is 32.9 Å². The van der Waals surface area contributed by atoms with Crippen LogP contribution in [0.1, 0.15) is 50.7 Å². The summed E-state index contributed by atoms with van der Waals surface area (Å²) < 4.78 is 10.9. The van der Waals surface area contributed by atoms with Crippen molar-refractivity contribution in [3.8, 4) is 11.8 Å². The van der Waals surface area contributed by atoms with E-state index in [2.05, 4.69) is 11.4 Å². The van der Waals surface area contributed by atoms with Gasteiger partial charge in [-0.1, -0.05) is 0 Å². The molecule has 1 aliphatic rings. The zero-order valence-electron chi connectivity index (χ0n) is 13.3. The number of benzene rings is 1. The smallest absolute Gasteiger partial charge is 0.407 e. The Morgan fingerprint density at radius 2 is 2.14 bits per heavy atom. The largest absolute Gasteiger partial charge is 0.491 e. The molecule has 1 aromatic carbocycles. The highest BCUT2D eigenvalue weighted by atomic mass is 16.6. The number of hydrogen-bond acceptors (Lipinski definition) is 4. The van der Waals surface area contributed by atoms with E-state index in [1.54, 1.807) is 6.07 Å². The number of carbonyl (C=O) groups is 1. The molecule has 0 radical (unpaired) electrons.